The molecular formula is C20H21NO3S. The number of esters is 1. The molecule has 2 atom stereocenters. The fourth-order valence-electron chi connectivity index (χ4n) is 3.10. The molecular weight excluding hydrogens is 334 g/mol. The fraction of sp³-hybridized carbons (Fsp3) is 0.300. The van der Waals surface area contributed by atoms with Crippen LogP contribution < -0.4 is 4.90 Å². The van der Waals surface area contributed by atoms with E-state index in [1.807, 2.05) is 49.6 Å². The number of thioether (sulfide) groups is 1. The van der Waals surface area contributed by atoms with Crippen molar-refractivity contribution in [3.05, 3.63) is 59.7 Å². The fourth-order valence-corrected chi connectivity index (χ4v) is 3.51. The van der Waals surface area contributed by atoms with Crippen LogP contribution in [0.4, 0.5) is 5.69 Å². The van der Waals surface area contributed by atoms with Crippen LogP contribution in [0.15, 0.2) is 53.4 Å². The molecule has 0 aromatic heterocycles. The van der Waals surface area contributed by atoms with Gasteiger partial charge in [0.05, 0.1) is 5.56 Å². The minimum Gasteiger partial charge on any atom is -0.449 e. The van der Waals surface area contributed by atoms with E-state index in [0.29, 0.717) is 5.56 Å². The van der Waals surface area contributed by atoms with Crippen molar-refractivity contribution in [2.24, 2.45) is 0 Å². The minimum absolute atomic E-state index is 0.0620. The third kappa shape index (κ3) is 3.56. The number of nitrogens with zero attached hydrogens (tertiary/aromatic N) is 1. The smallest absolute Gasteiger partial charge is 0.338 e. The highest BCUT2D eigenvalue weighted by Crippen LogP contribution is 2.32. The summed E-state index contributed by atoms with van der Waals surface area (Å²) in [6, 6.07) is 15.1. The molecule has 0 saturated heterocycles. The van der Waals surface area contributed by atoms with E-state index in [9.17, 15) is 9.59 Å². The maximum atomic E-state index is 12.8. The van der Waals surface area contributed by atoms with Crippen LogP contribution in [0.2, 0.25) is 0 Å². The van der Waals surface area contributed by atoms with Gasteiger partial charge in [0.25, 0.3) is 5.91 Å². The monoisotopic (exact) mass is 355 g/mol. The quantitative estimate of drug-likeness (QED) is 0.616. The molecule has 0 aliphatic carbocycles. The average Bonchev–Trinajstić information content (AvgIpc) is 2.96. The van der Waals surface area contributed by atoms with E-state index in [1.165, 1.54) is 0 Å². The maximum absolute atomic E-state index is 12.8. The minimum atomic E-state index is -0.832. The number of anilines is 1. The van der Waals surface area contributed by atoms with E-state index in [2.05, 4.69) is 0 Å². The number of carbonyl (C=O) groups is 2. The zero-order chi connectivity index (χ0) is 18.0. The van der Waals surface area contributed by atoms with Crippen LogP contribution in [-0.2, 0) is 16.0 Å². The zero-order valence-corrected chi connectivity index (χ0v) is 15.4. The van der Waals surface area contributed by atoms with Gasteiger partial charge in [-0.3, -0.25) is 4.79 Å². The first kappa shape index (κ1) is 17.5. The molecule has 1 aliphatic rings. The molecule has 0 fully saturated rings. The number of hydrogen-bond acceptors (Lipinski definition) is 4. The second-order valence-electron chi connectivity index (χ2n) is 6.17. The van der Waals surface area contributed by atoms with E-state index in [4.69, 9.17) is 4.74 Å². The van der Waals surface area contributed by atoms with E-state index in [1.54, 1.807) is 35.7 Å². The Balaban J connectivity index is 1.71. The Morgan fingerprint density at radius 1 is 1.16 bits per heavy atom. The molecule has 0 unspecified atom stereocenters. The first-order chi connectivity index (χ1) is 12.0. The predicted molar refractivity (Wildman–Crippen MR) is 100 cm³/mol. The normalized spacial score (nSPS) is 17.1. The number of benzene rings is 2. The van der Waals surface area contributed by atoms with Crippen LogP contribution in [0.1, 0.15) is 29.8 Å². The summed E-state index contributed by atoms with van der Waals surface area (Å²) in [6.07, 6.45) is 1.96. The Morgan fingerprint density at radius 2 is 1.84 bits per heavy atom. The van der Waals surface area contributed by atoms with Crippen molar-refractivity contribution >= 4 is 29.3 Å². The third-order valence-corrected chi connectivity index (χ3v) is 5.15. The number of rotatable bonds is 4. The van der Waals surface area contributed by atoms with E-state index >= 15 is 0 Å². The lowest BCUT2D eigenvalue weighted by Gasteiger charge is -2.25. The van der Waals surface area contributed by atoms with E-state index in [0.717, 1.165) is 22.6 Å². The molecule has 1 heterocycles. The van der Waals surface area contributed by atoms with Gasteiger partial charge in [0, 0.05) is 16.6 Å². The predicted octanol–water partition coefficient (Wildman–Crippen LogP) is 3.93. The van der Waals surface area contributed by atoms with Gasteiger partial charge in [-0.25, -0.2) is 4.79 Å². The average molecular weight is 355 g/mol. The van der Waals surface area contributed by atoms with Crippen molar-refractivity contribution in [1.29, 1.82) is 0 Å². The van der Waals surface area contributed by atoms with E-state index in [-0.39, 0.29) is 11.9 Å². The summed E-state index contributed by atoms with van der Waals surface area (Å²) in [7, 11) is 0. The van der Waals surface area contributed by atoms with Gasteiger partial charge in [0.15, 0.2) is 6.10 Å². The first-order valence-electron chi connectivity index (χ1n) is 8.27. The molecule has 1 amide bonds. The molecule has 2 aromatic carbocycles. The van der Waals surface area contributed by atoms with Crippen molar-refractivity contribution in [3.63, 3.8) is 0 Å². The SMILES string of the molecule is CSc1ccc(C(=O)O[C@H](C)C(=O)N2c3ccccc3C[C@H]2C)cc1. The van der Waals surface area contributed by atoms with Crippen LogP contribution in [0.25, 0.3) is 0 Å². The lowest BCUT2D eigenvalue weighted by Crippen LogP contribution is -2.43. The van der Waals surface area contributed by atoms with Crippen molar-refractivity contribution in [2.45, 2.75) is 37.3 Å². The van der Waals surface area contributed by atoms with Gasteiger partial charge in [0.2, 0.25) is 0 Å². The number of carbonyl (C=O) groups excluding carboxylic acids is 2. The second kappa shape index (κ2) is 7.31. The summed E-state index contributed by atoms with van der Waals surface area (Å²) in [5.74, 6) is -0.667. The van der Waals surface area contributed by atoms with Crippen LogP contribution in [-0.4, -0.2) is 30.3 Å². The molecule has 1 aliphatic heterocycles. The summed E-state index contributed by atoms with van der Waals surface area (Å²) in [5.41, 5.74) is 2.51. The van der Waals surface area contributed by atoms with Gasteiger partial charge in [-0.05, 0) is 62.4 Å². The molecule has 25 heavy (non-hydrogen) atoms. The molecule has 0 saturated carbocycles. The van der Waals surface area contributed by atoms with Crippen molar-refractivity contribution in [3.8, 4) is 0 Å². The molecule has 5 heteroatoms. The summed E-state index contributed by atoms with van der Waals surface area (Å²) in [4.78, 5) is 27.9. The molecule has 0 bridgehead atoms. The Labute approximate surface area is 152 Å². The highest BCUT2D eigenvalue weighted by atomic mass is 32.2. The lowest BCUT2D eigenvalue weighted by molar-refractivity contribution is -0.126. The first-order valence-corrected chi connectivity index (χ1v) is 9.49. The Bertz CT molecular complexity index is 788. The van der Waals surface area contributed by atoms with E-state index < -0.39 is 12.1 Å². The second-order valence-corrected chi connectivity index (χ2v) is 7.05. The number of fused-ring (bicyclic) bond motifs is 1. The summed E-state index contributed by atoms with van der Waals surface area (Å²) in [6.45, 7) is 3.64. The van der Waals surface area contributed by atoms with Gasteiger partial charge in [0.1, 0.15) is 0 Å². The number of para-hydroxylation sites is 1. The largest absolute Gasteiger partial charge is 0.449 e. The summed E-state index contributed by atoms with van der Waals surface area (Å²) >= 11 is 1.61. The van der Waals surface area contributed by atoms with Gasteiger partial charge < -0.3 is 9.64 Å². The number of ether oxygens (including phenoxy) is 1. The highest BCUT2D eigenvalue weighted by Gasteiger charge is 2.34. The maximum Gasteiger partial charge on any atom is 0.338 e. The van der Waals surface area contributed by atoms with Gasteiger partial charge >= 0.3 is 5.97 Å². The van der Waals surface area contributed by atoms with Crippen LogP contribution in [0.3, 0.4) is 0 Å². The number of hydrogen-bond donors (Lipinski definition) is 0. The Hall–Kier alpha value is -2.27. The van der Waals surface area contributed by atoms with Crippen molar-refractivity contribution < 1.29 is 14.3 Å². The molecule has 2 aromatic rings. The molecule has 0 N–H and O–H groups in total. The molecule has 0 spiro atoms. The lowest BCUT2D eigenvalue weighted by atomic mass is 10.1. The molecule has 0 radical (unpaired) electrons. The standard InChI is InChI=1S/C20H21NO3S/c1-13-12-16-6-4-5-7-18(16)21(13)19(22)14(2)24-20(23)15-8-10-17(25-3)11-9-15/h4-11,13-14H,12H2,1-3H3/t13-,14-/m1/s1. The summed E-state index contributed by atoms with van der Waals surface area (Å²) < 4.78 is 5.41. The van der Waals surface area contributed by atoms with Gasteiger partial charge in [-0.1, -0.05) is 18.2 Å². The third-order valence-electron chi connectivity index (χ3n) is 4.40. The highest BCUT2D eigenvalue weighted by molar-refractivity contribution is 7.98. The molecule has 4 nitrogen and oxygen atoms in total. The van der Waals surface area contributed by atoms with Crippen LogP contribution >= 0.6 is 11.8 Å². The van der Waals surface area contributed by atoms with Gasteiger partial charge in [-0.2, -0.15) is 0 Å². The molecule has 130 valence electrons. The van der Waals surface area contributed by atoms with Crippen molar-refractivity contribution in [1.82, 2.24) is 0 Å². The Morgan fingerprint density at radius 3 is 2.52 bits per heavy atom. The summed E-state index contributed by atoms with van der Waals surface area (Å²) in [5, 5.41) is 0. The number of amides is 1. The zero-order valence-electron chi connectivity index (χ0n) is 14.6. The van der Waals surface area contributed by atoms with Gasteiger partial charge in [-0.15, -0.1) is 11.8 Å². The molecule has 3 rings (SSSR count). The topological polar surface area (TPSA) is 46.6 Å². The van der Waals surface area contributed by atoms with Crippen LogP contribution in [0.5, 0.6) is 0 Å². The van der Waals surface area contributed by atoms with Crippen LogP contribution in [0, 0.1) is 0 Å². The van der Waals surface area contributed by atoms with Crippen molar-refractivity contribution in [2.75, 3.05) is 11.2 Å². The Kier molecular flexibility index (Phi) is 5.13.